The number of anilines is 1. The van der Waals surface area contributed by atoms with E-state index in [0.29, 0.717) is 25.5 Å². The second-order valence-corrected chi connectivity index (χ2v) is 10.6. The molecule has 188 valence electrons. The van der Waals surface area contributed by atoms with Gasteiger partial charge in [-0.1, -0.05) is 26.8 Å². The van der Waals surface area contributed by atoms with Crippen LogP contribution in [0.25, 0.3) is 10.9 Å². The number of fused-ring (bicyclic) bond motifs is 2. The van der Waals surface area contributed by atoms with E-state index in [2.05, 4.69) is 36.7 Å². The molecule has 2 heterocycles. The number of nitrogens with zero attached hydrogens (tertiary/aromatic N) is 1. The zero-order chi connectivity index (χ0) is 24.8. The Morgan fingerprint density at radius 1 is 1.17 bits per heavy atom. The minimum atomic E-state index is -0.595. The Kier molecular flexibility index (Phi) is 6.01. The van der Waals surface area contributed by atoms with Crippen molar-refractivity contribution in [2.24, 2.45) is 0 Å². The highest BCUT2D eigenvalue weighted by Gasteiger charge is 2.51. The molecule has 2 N–H and O–H groups in total. The molecular weight excluding hydrogens is 444 g/mol. The first-order valence-corrected chi connectivity index (χ1v) is 12.3. The third kappa shape index (κ3) is 4.50. The van der Waals surface area contributed by atoms with Gasteiger partial charge >= 0.3 is 0 Å². The summed E-state index contributed by atoms with van der Waals surface area (Å²) in [7, 11) is 0. The standard InChI is InChI=1S/C28H34N2O5.H2/c1-5-33-16-21(31)15-30-22-8-7-20(12-18(22)13-25(30)27(2,3)4)29-26(32)28(10-11-28)19-6-9-23-24(14-19)35-17-34-23;/h6-9,12-14,21,31H,5,10-11,15-17H2,1-4H3,(H,29,32);1H. The van der Waals surface area contributed by atoms with Crippen LogP contribution in [0, 0.1) is 0 Å². The van der Waals surface area contributed by atoms with Gasteiger partial charge in [0.15, 0.2) is 11.5 Å². The summed E-state index contributed by atoms with van der Waals surface area (Å²) >= 11 is 0. The topological polar surface area (TPSA) is 82.0 Å². The molecule has 1 fully saturated rings. The number of benzene rings is 2. The molecule has 0 bridgehead atoms. The highest BCUT2D eigenvalue weighted by Crippen LogP contribution is 2.51. The molecule has 0 radical (unpaired) electrons. The number of aromatic nitrogens is 1. The van der Waals surface area contributed by atoms with E-state index in [0.717, 1.165) is 46.4 Å². The Balaban J connectivity index is 0.00000304. The van der Waals surface area contributed by atoms with Crippen molar-refractivity contribution >= 4 is 22.5 Å². The van der Waals surface area contributed by atoms with Crippen molar-refractivity contribution in [2.75, 3.05) is 25.3 Å². The molecule has 35 heavy (non-hydrogen) atoms. The SMILES string of the molecule is CCOCC(O)Cn1c(C(C)(C)C)cc2cc(NC(=O)C3(c4ccc5c(c4)OCO5)CC3)ccc21.[HH]. The minimum absolute atomic E-state index is 0. The fourth-order valence-corrected chi connectivity index (χ4v) is 4.90. The van der Waals surface area contributed by atoms with Crippen LogP contribution in [0.3, 0.4) is 0 Å². The highest BCUT2D eigenvalue weighted by atomic mass is 16.7. The van der Waals surface area contributed by atoms with Crippen LogP contribution in [0.4, 0.5) is 5.69 Å². The van der Waals surface area contributed by atoms with Gasteiger partial charge in [0, 0.05) is 35.7 Å². The first kappa shape index (κ1) is 23.7. The van der Waals surface area contributed by atoms with Gasteiger partial charge in [-0.15, -0.1) is 0 Å². The number of hydrogen-bond donors (Lipinski definition) is 2. The van der Waals surface area contributed by atoms with Crippen LogP contribution in [0.5, 0.6) is 11.5 Å². The van der Waals surface area contributed by atoms with Gasteiger partial charge in [0.25, 0.3) is 0 Å². The molecule has 7 nitrogen and oxygen atoms in total. The zero-order valence-electron chi connectivity index (χ0n) is 20.9. The molecule has 1 aromatic heterocycles. The van der Waals surface area contributed by atoms with Crippen molar-refractivity contribution in [1.29, 1.82) is 0 Å². The predicted molar refractivity (Wildman–Crippen MR) is 137 cm³/mol. The molecule has 5 rings (SSSR count). The van der Waals surface area contributed by atoms with Crippen molar-refractivity contribution in [1.82, 2.24) is 4.57 Å². The average Bonchev–Trinajstić information content (AvgIpc) is 3.36. The van der Waals surface area contributed by atoms with Gasteiger partial charge in [-0.25, -0.2) is 0 Å². The maximum absolute atomic E-state index is 13.4. The van der Waals surface area contributed by atoms with E-state index < -0.39 is 11.5 Å². The third-order valence-electron chi connectivity index (χ3n) is 6.95. The summed E-state index contributed by atoms with van der Waals surface area (Å²) in [5.41, 5.74) is 3.25. The van der Waals surface area contributed by atoms with Crippen molar-refractivity contribution < 1.29 is 25.5 Å². The Labute approximate surface area is 207 Å². The minimum Gasteiger partial charge on any atom is -0.454 e. The Hall–Kier alpha value is -3.03. The second-order valence-electron chi connectivity index (χ2n) is 10.6. The first-order valence-electron chi connectivity index (χ1n) is 12.3. The number of carbonyl (C=O) groups excluding carboxylic acids is 1. The van der Waals surface area contributed by atoms with E-state index in [-0.39, 0.29) is 19.5 Å². The first-order chi connectivity index (χ1) is 16.7. The van der Waals surface area contributed by atoms with Crippen LogP contribution < -0.4 is 14.8 Å². The third-order valence-corrected chi connectivity index (χ3v) is 6.95. The molecule has 1 amide bonds. The van der Waals surface area contributed by atoms with E-state index in [4.69, 9.17) is 14.2 Å². The lowest BCUT2D eigenvalue weighted by Crippen LogP contribution is -2.27. The van der Waals surface area contributed by atoms with Gasteiger partial charge in [0.2, 0.25) is 12.7 Å². The fourth-order valence-electron chi connectivity index (χ4n) is 4.90. The van der Waals surface area contributed by atoms with Crippen LogP contribution in [0.15, 0.2) is 42.5 Å². The maximum Gasteiger partial charge on any atom is 0.235 e. The molecule has 1 aliphatic carbocycles. The van der Waals surface area contributed by atoms with Crippen molar-refractivity contribution in [3.05, 3.63) is 53.7 Å². The van der Waals surface area contributed by atoms with Crippen LogP contribution in [-0.2, 0) is 26.9 Å². The molecule has 2 aliphatic rings. The number of carbonyl (C=O) groups is 1. The number of aliphatic hydroxyl groups excluding tert-OH is 1. The zero-order valence-corrected chi connectivity index (χ0v) is 20.9. The molecule has 3 aromatic rings. The largest absolute Gasteiger partial charge is 0.454 e. The van der Waals surface area contributed by atoms with Crippen molar-refractivity contribution in [2.45, 2.75) is 64.0 Å². The Bertz CT molecular complexity index is 1260. The van der Waals surface area contributed by atoms with Crippen molar-refractivity contribution in [3.63, 3.8) is 0 Å². The Morgan fingerprint density at radius 2 is 1.94 bits per heavy atom. The quantitative estimate of drug-likeness (QED) is 0.475. The van der Waals surface area contributed by atoms with Crippen LogP contribution >= 0.6 is 0 Å². The maximum atomic E-state index is 13.4. The smallest absolute Gasteiger partial charge is 0.235 e. The van der Waals surface area contributed by atoms with Gasteiger partial charge in [-0.2, -0.15) is 0 Å². The summed E-state index contributed by atoms with van der Waals surface area (Å²) in [4.78, 5) is 13.4. The molecular formula is C28H36N2O5. The van der Waals surface area contributed by atoms with Crippen LogP contribution in [-0.4, -0.2) is 41.7 Å². The normalized spacial score (nSPS) is 16.9. The lowest BCUT2D eigenvalue weighted by molar-refractivity contribution is -0.118. The molecule has 1 saturated carbocycles. The number of rotatable bonds is 8. The van der Waals surface area contributed by atoms with Crippen molar-refractivity contribution in [3.8, 4) is 11.5 Å². The predicted octanol–water partition coefficient (Wildman–Crippen LogP) is 4.98. The number of aliphatic hydroxyl groups is 1. The molecule has 0 spiro atoms. The summed E-state index contributed by atoms with van der Waals surface area (Å²) in [6.07, 6.45) is 1.02. The van der Waals surface area contributed by atoms with Gasteiger partial charge in [-0.3, -0.25) is 4.79 Å². The fraction of sp³-hybridized carbons (Fsp3) is 0.464. The molecule has 1 aliphatic heterocycles. The Morgan fingerprint density at radius 3 is 2.66 bits per heavy atom. The lowest BCUT2D eigenvalue weighted by Gasteiger charge is -2.23. The molecule has 0 saturated heterocycles. The van der Waals surface area contributed by atoms with E-state index in [9.17, 15) is 9.90 Å². The summed E-state index contributed by atoms with van der Waals surface area (Å²) in [5, 5.41) is 14.7. The summed E-state index contributed by atoms with van der Waals surface area (Å²) in [6.45, 7) is 9.97. The summed E-state index contributed by atoms with van der Waals surface area (Å²) < 4.78 is 18.5. The monoisotopic (exact) mass is 480 g/mol. The number of hydrogen-bond acceptors (Lipinski definition) is 5. The van der Waals surface area contributed by atoms with Crippen LogP contribution in [0.1, 0.15) is 53.2 Å². The lowest BCUT2D eigenvalue weighted by atomic mass is 9.92. The molecule has 1 unspecified atom stereocenters. The van der Waals surface area contributed by atoms with Gasteiger partial charge in [-0.05, 0) is 61.7 Å². The summed E-state index contributed by atoms with van der Waals surface area (Å²) in [6, 6.07) is 13.9. The second kappa shape index (κ2) is 8.88. The van der Waals surface area contributed by atoms with E-state index >= 15 is 0 Å². The van der Waals surface area contributed by atoms with E-state index in [1.807, 2.05) is 43.3 Å². The molecule has 7 heteroatoms. The van der Waals surface area contributed by atoms with Gasteiger partial charge < -0.3 is 29.2 Å². The van der Waals surface area contributed by atoms with Gasteiger partial charge in [0.1, 0.15) is 0 Å². The molecule has 2 aromatic carbocycles. The highest BCUT2D eigenvalue weighted by molar-refractivity contribution is 6.02. The number of nitrogens with one attached hydrogen (secondary N) is 1. The number of ether oxygens (including phenoxy) is 3. The van der Waals surface area contributed by atoms with E-state index in [1.54, 1.807) is 0 Å². The van der Waals surface area contributed by atoms with E-state index in [1.165, 1.54) is 0 Å². The number of amides is 1. The van der Waals surface area contributed by atoms with Crippen LogP contribution in [0.2, 0.25) is 0 Å². The average molecular weight is 481 g/mol. The van der Waals surface area contributed by atoms with Gasteiger partial charge in [0.05, 0.1) is 24.7 Å². The molecule has 1 atom stereocenters. The summed E-state index contributed by atoms with van der Waals surface area (Å²) in [5.74, 6) is 1.42.